The number of methoxy groups -OCH3 is 1. The molecule has 4 rings (SSSR count). The van der Waals surface area contributed by atoms with Crippen molar-refractivity contribution >= 4 is 5.91 Å². The number of hydrogen-bond acceptors (Lipinski definition) is 2. The molecule has 0 saturated carbocycles. The maximum Gasteiger partial charge on any atom is 0.278 e. The van der Waals surface area contributed by atoms with Crippen molar-refractivity contribution in [1.82, 2.24) is 4.90 Å². The minimum atomic E-state index is 0.308. The predicted octanol–water partition coefficient (Wildman–Crippen LogP) is -0.436. The van der Waals surface area contributed by atoms with E-state index in [9.17, 15) is 4.79 Å². The Bertz CT molecular complexity index is 798. The molecule has 1 saturated heterocycles. The van der Waals surface area contributed by atoms with Crippen molar-refractivity contribution in [1.29, 1.82) is 0 Å². The highest BCUT2D eigenvalue weighted by atomic mass is 16.5. The van der Waals surface area contributed by atoms with E-state index in [-0.39, 0.29) is 0 Å². The van der Waals surface area contributed by atoms with Crippen LogP contribution in [-0.4, -0.2) is 57.2 Å². The molecular formula is C23H31N3O2+2. The Morgan fingerprint density at radius 1 is 0.964 bits per heavy atom. The number of nitrogens with zero attached hydrogens (tertiary/aromatic N) is 1. The van der Waals surface area contributed by atoms with Crippen LogP contribution < -0.4 is 14.5 Å². The average Bonchev–Trinajstić information content (AvgIpc) is 2.75. The summed E-state index contributed by atoms with van der Waals surface area (Å²) in [6.07, 6.45) is 0.983. The lowest BCUT2D eigenvalue weighted by Gasteiger charge is -2.32. The number of nitrogens with one attached hydrogen (secondary N) is 2. The third-order valence-electron chi connectivity index (χ3n) is 6.16. The quantitative estimate of drug-likeness (QED) is 0.737. The first-order valence-corrected chi connectivity index (χ1v) is 10.4. The molecule has 2 aliphatic heterocycles. The molecule has 2 N–H and O–H groups in total. The zero-order valence-electron chi connectivity index (χ0n) is 16.7. The summed E-state index contributed by atoms with van der Waals surface area (Å²) < 4.78 is 5.23. The number of benzene rings is 2. The SMILES string of the molecule is COc1ccc(C[NH+]2CC[NH+](CC(=O)N3CCc4ccccc4C3)CC2)cc1. The first-order valence-electron chi connectivity index (χ1n) is 10.4. The van der Waals surface area contributed by atoms with Crippen molar-refractivity contribution < 1.29 is 19.3 Å². The van der Waals surface area contributed by atoms with E-state index >= 15 is 0 Å². The molecule has 1 fully saturated rings. The zero-order valence-corrected chi connectivity index (χ0v) is 16.7. The average molecular weight is 382 g/mol. The summed E-state index contributed by atoms with van der Waals surface area (Å²) in [5.74, 6) is 1.22. The number of amides is 1. The van der Waals surface area contributed by atoms with E-state index in [1.807, 2.05) is 17.0 Å². The third kappa shape index (κ3) is 4.54. The Labute approximate surface area is 167 Å². The predicted molar refractivity (Wildman–Crippen MR) is 109 cm³/mol. The van der Waals surface area contributed by atoms with Crippen LogP contribution in [0.4, 0.5) is 0 Å². The fourth-order valence-electron chi connectivity index (χ4n) is 4.38. The van der Waals surface area contributed by atoms with Crippen LogP contribution in [0.5, 0.6) is 5.75 Å². The van der Waals surface area contributed by atoms with Crippen LogP contribution in [0, 0.1) is 0 Å². The van der Waals surface area contributed by atoms with Crippen LogP contribution >= 0.6 is 0 Å². The molecule has 2 aromatic rings. The van der Waals surface area contributed by atoms with E-state index < -0.39 is 0 Å². The third-order valence-corrected chi connectivity index (χ3v) is 6.16. The molecule has 0 radical (unpaired) electrons. The fourth-order valence-corrected chi connectivity index (χ4v) is 4.38. The van der Waals surface area contributed by atoms with Gasteiger partial charge in [-0.05, 0) is 41.8 Å². The molecular weight excluding hydrogens is 350 g/mol. The maximum absolute atomic E-state index is 12.8. The molecule has 5 nitrogen and oxygen atoms in total. The molecule has 2 heterocycles. The lowest BCUT2D eigenvalue weighted by Crippen LogP contribution is -3.28. The van der Waals surface area contributed by atoms with Crippen LogP contribution in [0.1, 0.15) is 16.7 Å². The Morgan fingerprint density at radius 3 is 2.36 bits per heavy atom. The normalized spacial score (nSPS) is 21.8. The van der Waals surface area contributed by atoms with E-state index in [1.165, 1.54) is 21.6 Å². The van der Waals surface area contributed by atoms with Crippen molar-refractivity contribution in [3.8, 4) is 5.75 Å². The van der Waals surface area contributed by atoms with Crippen LogP contribution in [0.15, 0.2) is 48.5 Å². The Morgan fingerprint density at radius 2 is 1.64 bits per heavy atom. The highest BCUT2D eigenvalue weighted by molar-refractivity contribution is 5.77. The van der Waals surface area contributed by atoms with E-state index in [1.54, 1.807) is 12.0 Å². The monoisotopic (exact) mass is 381 g/mol. The second-order valence-electron chi connectivity index (χ2n) is 8.04. The second kappa shape index (κ2) is 8.76. The van der Waals surface area contributed by atoms with E-state index in [4.69, 9.17) is 4.74 Å². The van der Waals surface area contributed by atoms with Crippen LogP contribution in [-0.2, 0) is 24.3 Å². The van der Waals surface area contributed by atoms with E-state index in [0.717, 1.165) is 58.0 Å². The van der Waals surface area contributed by atoms with Crippen molar-refractivity contribution in [2.45, 2.75) is 19.5 Å². The summed E-state index contributed by atoms with van der Waals surface area (Å²) >= 11 is 0. The van der Waals surface area contributed by atoms with E-state index in [0.29, 0.717) is 12.5 Å². The van der Waals surface area contributed by atoms with Crippen molar-refractivity contribution in [2.75, 3.05) is 46.4 Å². The molecule has 0 atom stereocenters. The molecule has 28 heavy (non-hydrogen) atoms. The minimum absolute atomic E-state index is 0.308. The lowest BCUT2D eigenvalue weighted by molar-refractivity contribution is -1.02. The number of carbonyl (C=O) groups is 1. The van der Waals surface area contributed by atoms with Gasteiger partial charge in [0.15, 0.2) is 6.54 Å². The van der Waals surface area contributed by atoms with Crippen LogP contribution in [0.2, 0.25) is 0 Å². The second-order valence-corrected chi connectivity index (χ2v) is 8.04. The summed E-state index contributed by atoms with van der Waals surface area (Å²) in [6.45, 7) is 7.71. The van der Waals surface area contributed by atoms with Gasteiger partial charge in [-0.25, -0.2) is 0 Å². The molecule has 5 heteroatoms. The maximum atomic E-state index is 12.8. The summed E-state index contributed by atoms with van der Waals surface area (Å²) in [5, 5.41) is 0. The van der Waals surface area contributed by atoms with Gasteiger partial charge in [-0.1, -0.05) is 24.3 Å². The van der Waals surface area contributed by atoms with Crippen LogP contribution in [0.25, 0.3) is 0 Å². The van der Waals surface area contributed by atoms with Gasteiger partial charge in [0, 0.05) is 18.7 Å². The molecule has 0 unspecified atom stereocenters. The molecule has 0 bridgehead atoms. The number of piperazine rings is 1. The first kappa shape index (κ1) is 19.0. The number of hydrogen-bond donors (Lipinski definition) is 2. The minimum Gasteiger partial charge on any atom is -0.497 e. The van der Waals surface area contributed by atoms with E-state index in [2.05, 4.69) is 36.4 Å². The fraction of sp³-hybridized carbons (Fsp3) is 0.435. The standard InChI is InChI=1S/C23H29N3O2/c1-28-22-8-6-19(7-9-22)16-24-12-14-25(15-13-24)18-23(27)26-11-10-20-4-2-3-5-21(20)17-26/h2-9H,10-18H2,1H3/p+2. The van der Waals surface area contributed by atoms with Gasteiger partial charge < -0.3 is 19.4 Å². The van der Waals surface area contributed by atoms with Gasteiger partial charge in [-0.3, -0.25) is 4.79 Å². The Kier molecular flexibility index (Phi) is 5.93. The van der Waals surface area contributed by atoms with Gasteiger partial charge >= 0.3 is 0 Å². The highest BCUT2D eigenvalue weighted by Crippen LogP contribution is 2.18. The van der Waals surface area contributed by atoms with Gasteiger partial charge in [-0.15, -0.1) is 0 Å². The van der Waals surface area contributed by atoms with Gasteiger partial charge in [0.1, 0.15) is 38.5 Å². The van der Waals surface area contributed by atoms with Gasteiger partial charge in [0.05, 0.1) is 7.11 Å². The number of quaternary nitrogens is 2. The molecule has 2 aliphatic rings. The van der Waals surface area contributed by atoms with Gasteiger partial charge in [-0.2, -0.15) is 0 Å². The van der Waals surface area contributed by atoms with Crippen molar-refractivity contribution in [3.63, 3.8) is 0 Å². The zero-order chi connectivity index (χ0) is 19.3. The molecule has 0 spiro atoms. The Hall–Kier alpha value is -2.37. The topological polar surface area (TPSA) is 38.4 Å². The number of fused-ring (bicyclic) bond motifs is 1. The summed E-state index contributed by atoms with van der Waals surface area (Å²) in [6, 6.07) is 16.9. The van der Waals surface area contributed by atoms with Crippen molar-refractivity contribution in [2.24, 2.45) is 0 Å². The molecule has 2 aromatic carbocycles. The highest BCUT2D eigenvalue weighted by Gasteiger charge is 2.28. The van der Waals surface area contributed by atoms with Gasteiger partial charge in [0.2, 0.25) is 0 Å². The smallest absolute Gasteiger partial charge is 0.278 e. The molecule has 148 valence electrons. The number of ether oxygens (including phenoxy) is 1. The summed E-state index contributed by atoms with van der Waals surface area (Å²) in [7, 11) is 1.70. The first-order chi connectivity index (χ1) is 13.7. The van der Waals surface area contributed by atoms with Crippen molar-refractivity contribution in [3.05, 3.63) is 65.2 Å². The largest absolute Gasteiger partial charge is 0.497 e. The van der Waals surface area contributed by atoms with Crippen LogP contribution in [0.3, 0.4) is 0 Å². The molecule has 0 aromatic heterocycles. The molecule has 0 aliphatic carbocycles. The Balaban J connectivity index is 1.23. The number of rotatable bonds is 5. The summed E-state index contributed by atoms with van der Waals surface area (Å²) in [5.41, 5.74) is 4.06. The lowest BCUT2D eigenvalue weighted by atomic mass is 10.00. The van der Waals surface area contributed by atoms with Gasteiger partial charge in [0.25, 0.3) is 5.91 Å². The molecule has 1 amide bonds. The number of carbonyl (C=O) groups excluding carboxylic acids is 1. The summed E-state index contributed by atoms with van der Waals surface area (Å²) in [4.78, 5) is 17.9.